The fourth-order valence-electron chi connectivity index (χ4n) is 3.70. The molecule has 1 saturated heterocycles. The van der Waals surface area contributed by atoms with E-state index in [-0.39, 0.29) is 24.3 Å². The minimum atomic E-state index is -0.637. The van der Waals surface area contributed by atoms with Crippen LogP contribution in [0.5, 0.6) is 0 Å². The van der Waals surface area contributed by atoms with E-state index in [9.17, 15) is 23.7 Å². The van der Waals surface area contributed by atoms with E-state index in [0.717, 1.165) is 6.07 Å². The minimum Gasteiger partial charge on any atom is -0.370 e. The third kappa shape index (κ3) is 4.19. The van der Waals surface area contributed by atoms with E-state index in [0.29, 0.717) is 37.6 Å². The van der Waals surface area contributed by atoms with Crippen LogP contribution in [0, 0.1) is 21.7 Å². The van der Waals surface area contributed by atoms with Gasteiger partial charge in [-0.25, -0.2) is 8.78 Å². The summed E-state index contributed by atoms with van der Waals surface area (Å²) in [6.45, 7) is 6.11. The van der Waals surface area contributed by atoms with Crippen molar-refractivity contribution in [3.05, 3.63) is 63.7 Å². The molecule has 0 radical (unpaired) electrons. The molecule has 3 rings (SSSR count). The zero-order valence-corrected chi connectivity index (χ0v) is 17.0. The Morgan fingerprint density at radius 1 is 1.07 bits per heavy atom. The maximum Gasteiger partial charge on any atom is 0.295 e. The highest BCUT2D eigenvalue weighted by Gasteiger charge is 2.29. The maximum absolute atomic E-state index is 14.5. The molecule has 2 aromatic carbocycles. The molecule has 1 amide bonds. The summed E-state index contributed by atoms with van der Waals surface area (Å²) in [5, 5.41) is 11.5. The minimum absolute atomic E-state index is 0.00234. The first-order valence-corrected chi connectivity index (χ1v) is 9.89. The van der Waals surface area contributed by atoms with Gasteiger partial charge in [-0.1, -0.05) is 12.1 Å². The molecule has 1 aliphatic heterocycles. The van der Waals surface area contributed by atoms with Crippen LogP contribution < -0.4 is 9.80 Å². The SMILES string of the molecule is CCN(CC)c1cc(N2CCN(C(=O)c3ccccc3F)CC2)c([N+](=O)[O-])cc1F. The molecule has 0 unspecified atom stereocenters. The van der Waals surface area contributed by atoms with Crippen molar-refractivity contribution in [1.82, 2.24) is 4.90 Å². The van der Waals surface area contributed by atoms with E-state index in [4.69, 9.17) is 0 Å². The number of anilines is 2. The third-order valence-corrected chi connectivity index (χ3v) is 5.36. The van der Waals surface area contributed by atoms with E-state index < -0.39 is 22.5 Å². The lowest BCUT2D eigenvalue weighted by Crippen LogP contribution is -2.49. The molecule has 0 spiro atoms. The first-order chi connectivity index (χ1) is 14.4. The number of amides is 1. The fraction of sp³-hybridized carbons (Fsp3) is 0.381. The predicted molar refractivity (Wildman–Crippen MR) is 111 cm³/mol. The topological polar surface area (TPSA) is 69.9 Å². The van der Waals surface area contributed by atoms with Gasteiger partial charge in [0.25, 0.3) is 11.6 Å². The Kier molecular flexibility index (Phi) is 6.49. The standard InChI is InChI=1S/C21H24F2N4O3/c1-3-24(4-2)18-14-19(20(27(29)30)13-17(18)23)25-9-11-26(12-10-25)21(28)15-7-5-6-8-16(15)22/h5-8,13-14H,3-4,9-12H2,1-2H3. The number of nitro benzene ring substituents is 1. The zero-order valence-electron chi connectivity index (χ0n) is 17.0. The number of hydrogen-bond acceptors (Lipinski definition) is 5. The molecule has 1 heterocycles. The summed E-state index contributed by atoms with van der Waals surface area (Å²) in [5.41, 5.74) is 0.326. The van der Waals surface area contributed by atoms with Gasteiger partial charge in [0.1, 0.15) is 11.5 Å². The van der Waals surface area contributed by atoms with E-state index in [1.165, 1.54) is 29.2 Å². The largest absolute Gasteiger partial charge is 0.370 e. The van der Waals surface area contributed by atoms with Crippen molar-refractivity contribution >= 4 is 23.0 Å². The van der Waals surface area contributed by atoms with Crippen molar-refractivity contribution in [2.45, 2.75) is 13.8 Å². The molecule has 9 heteroatoms. The van der Waals surface area contributed by atoms with Crippen LogP contribution in [0.3, 0.4) is 0 Å². The number of hydrogen-bond donors (Lipinski definition) is 0. The molecule has 0 N–H and O–H groups in total. The molecule has 0 aromatic heterocycles. The summed E-state index contributed by atoms with van der Waals surface area (Å²) < 4.78 is 28.5. The smallest absolute Gasteiger partial charge is 0.295 e. The Bertz CT molecular complexity index is 942. The van der Waals surface area contributed by atoms with Gasteiger partial charge in [0, 0.05) is 39.3 Å². The average molecular weight is 418 g/mol. The van der Waals surface area contributed by atoms with Crippen LogP contribution >= 0.6 is 0 Å². The van der Waals surface area contributed by atoms with Crippen molar-refractivity contribution in [2.75, 3.05) is 49.1 Å². The molecule has 0 aliphatic carbocycles. The van der Waals surface area contributed by atoms with Crippen LogP contribution in [0.1, 0.15) is 24.2 Å². The lowest BCUT2D eigenvalue weighted by Gasteiger charge is -2.36. The number of piperazine rings is 1. The first kappa shape index (κ1) is 21.5. The molecule has 2 aromatic rings. The first-order valence-electron chi connectivity index (χ1n) is 9.89. The Hall–Kier alpha value is -3.23. The van der Waals surface area contributed by atoms with Crippen LogP contribution in [-0.2, 0) is 0 Å². The second-order valence-corrected chi connectivity index (χ2v) is 6.98. The molecule has 0 bridgehead atoms. The monoisotopic (exact) mass is 418 g/mol. The number of carbonyl (C=O) groups excluding carboxylic acids is 1. The molecular formula is C21H24F2N4O3. The van der Waals surface area contributed by atoms with E-state index in [1.807, 2.05) is 13.8 Å². The summed E-state index contributed by atoms with van der Waals surface area (Å²) in [4.78, 5) is 28.6. The molecule has 0 atom stereocenters. The lowest BCUT2D eigenvalue weighted by atomic mass is 10.1. The van der Waals surface area contributed by atoms with Crippen molar-refractivity contribution in [3.63, 3.8) is 0 Å². The predicted octanol–water partition coefficient (Wildman–Crippen LogP) is 3.68. The summed E-state index contributed by atoms with van der Waals surface area (Å²) in [7, 11) is 0. The highest BCUT2D eigenvalue weighted by atomic mass is 19.1. The van der Waals surface area contributed by atoms with Gasteiger partial charge >= 0.3 is 0 Å². The third-order valence-electron chi connectivity index (χ3n) is 5.36. The van der Waals surface area contributed by atoms with Gasteiger partial charge in [-0.2, -0.15) is 0 Å². The lowest BCUT2D eigenvalue weighted by molar-refractivity contribution is -0.384. The van der Waals surface area contributed by atoms with Crippen molar-refractivity contribution in [2.24, 2.45) is 0 Å². The molecule has 1 fully saturated rings. The van der Waals surface area contributed by atoms with Gasteiger partial charge in [0.15, 0.2) is 5.82 Å². The Balaban J connectivity index is 1.83. The zero-order chi connectivity index (χ0) is 21.8. The van der Waals surface area contributed by atoms with Gasteiger partial charge in [0.05, 0.1) is 22.2 Å². The second-order valence-electron chi connectivity index (χ2n) is 6.98. The van der Waals surface area contributed by atoms with E-state index in [2.05, 4.69) is 0 Å². The second kappa shape index (κ2) is 9.06. The molecular weight excluding hydrogens is 394 g/mol. The number of rotatable bonds is 6. The molecule has 30 heavy (non-hydrogen) atoms. The van der Waals surface area contributed by atoms with Crippen LogP contribution in [0.25, 0.3) is 0 Å². The number of nitro groups is 1. The van der Waals surface area contributed by atoms with Crippen LogP contribution in [0.15, 0.2) is 36.4 Å². The number of nitrogens with zero attached hydrogens (tertiary/aromatic N) is 4. The van der Waals surface area contributed by atoms with Gasteiger partial charge in [0.2, 0.25) is 0 Å². The summed E-state index contributed by atoms with van der Waals surface area (Å²) >= 11 is 0. The maximum atomic E-state index is 14.5. The summed E-state index contributed by atoms with van der Waals surface area (Å²) in [5.74, 6) is -1.63. The van der Waals surface area contributed by atoms with Crippen molar-refractivity contribution < 1.29 is 18.5 Å². The van der Waals surface area contributed by atoms with E-state index in [1.54, 1.807) is 15.9 Å². The fourth-order valence-corrected chi connectivity index (χ4v) is 3.70. The number of halogens is 2. The van der Waals surface area contributed by atoms with Crippen LogP contribution in [0.2, 0.25) is 0 Å². The van der Waals surface area contributed by atoms with Gasteiger partial charge in [-0.05, 0) is 32.0 Å². The molecule has 0 saturated carbocycles. The summed E-state index contributed by atoms with van der Waals surface area (Å²) in [6, 6.07) is 8.26. The Morgan fingerprint density at radius 3 is 2.27 bits per heavy atom. The molecule has 160 valence electrons. The molecule has 1 aliphatic rings. The highest BCUT2D eigenvalue weighted by Crippen LogP contribution is 2.35. The van der Waals surface area contributed by atoms with E-state index >= 15 is 0 Å². The highest BCUT2D eigenvalue weighted by molar-refractivity contribution is 5.94. The number of carbonyl (C=O) groups is 1. The quantitative estimate of drug-likeness (QED) is 0.529. The van der Waals surface area contributed by atoms with Gasteiger partial charge in [-0.15, -0.1) is 0 Å². The Morgan fingerprint density at radius 2 is 1.70 bits per heavy atom. The van der Waals surface area contributed by atoms with Crippen LogP contribution in [-0.4, -0.2) is 55.0 Å². The van der Waals surface area contributed by atoms with Gasteiger partial charge in [-0.3, -0.25) is 14.9 Å². The normalized spacial score (nSPS) is 14.0. The van der Waals surface area contributed by atoms with Crippen molar-refractivity contribution in [3.8, 4) is 0 Å². The average Bonchev–Trinajstić information content (AvgIpc) is 2.75. The molecule has 7 nitrogen and oxygen atoms in total. The van der Waals surface area contributed by atoms with Gasteiger partial charge < -0.3 is 14.7 Å². The van der Waals surface area contributed by atoms with Crippen molar-refractivity contribution in [1.29, 1.82) is 0 Å². The number of benzene rings is 2. The Labute approximate surface area is 173 Å². The van der Waals surface area contributed by atoms with Crippen LogP contribution in [0.4, 0.5) is 25.8 Å². The summed E-state index contributed by atoms with van der Waals surface area (Å²) in [6.07, 6.45) is 0.